The summed E-state index contributed by atoms with van der Waals surface area (Å²) in [5.41, 5.74) is 4.74. The van der Waals surface area contributed by atoms with Crippen molar-refractivity contribution in [2.24, 2.45) is 5.92 Å². The molecule has 0 bridgehead atoms. The number of carbonyl (C=O) groups excluding carboxylic acids is 4. The van der Waals surface area contributed by atoms with E-state index in [1.165, 1.54) is 0 Å². The molecule has 1 atom stereocenters. The minimum absolute atomic E-state index is 0.0668. The highest BCUT2D eigenvalue weighted by atomic mass is 16.5. The van der Waals surface area contributed by atoms with E-state index in [0.717, 1.165) is 22.4 Å². The topological polar surface area (TPSA) is 126 Å². The minimum Gasteiger partial charge on any atom is -0.457 e. The number of aryl methyl sites for hydroxylation is 1. The summed E-state index contributed by atoms with van der Waals surface area (Å²) in [6.45, 7) is 6.03. The number of anilines is 3. The van der Waals surface area contributed by atoms with Crippen LogP contribution in [-0.4, -0.2) is 29.9 Å². The highest BCUT2D eigenvalue weighted by Gasteiger charge is 2.22. The lowest BCUT2D eigenvalue weighted by Crippen LogP contribution is -2.45. The van der Waals surface area contributed by atoms with Crippen molar-refractivity contribution >= 4 is 40.9 Å². The van der Waals surface area contributed by atoms with E-state index < -0.39 is 12.0 Å². The van der Waals surface area contributed by atoms with Gasteiger partial charge in [0.1, 0.15) is 12.6 Å². The van der Waals surface area contributed by atoms with Gasteiger partial charge in [0.05, 0.1) is 12.0 Å². The summed E-state index contributed by atoms with van der Waals surface area (Å²) in [5.74, 6) is -0.962. The van der Waals surface area contributed by atoms with Gasteiger partial charge in [-0.1, -0.05) is 74.5 Å². The third-order valence-electron chi connectivity index (χ3n) is 6.93. The molecule has 0 aromatic heterocycles. The molecular formula is C36H38N4O5. The first-order chi connectivity index (χ1) is 21.7. The van der Waals surface area contributed by atoms with Gasteiger partial charge in [-0.15, -0.1) is 0 Å². The van der Waals surface area contributed by atoms with Crippen molar-refractivity contribution in [3.05, 3.63) is 125 Å². The fourth-order valence-electron chi connectivity index (χ4n) is 4.56. The van der Waals surface area contributed by atoms with E-state index >= 15 is 0 Å². The van der Waals surface area contributed by atoms with Gasteiger partial charge in [-0.3, -0.25) is 9.59 Å². The monoisotopic (exact) mass is 606 g/mol. The van der Waals surface area contributed by atoms with Gasteiger partial charge < -0.3 is 26.0 Å². The largest absolute Gasteiger partial charge is 0.457 e. The molecule has 0 saturated heterocycles. The summed E-state index contributed by atoms with van der Waals surface area (Å²) in [6.07, 6.45) is 0.512. The van der Waals surface area contributed by atoms with Gasteiger partial charge in [-0.05, 0) is 78.4 Å². The molecule has 0 aliphatic rings. The second-order valence-corrected chi connectivity index (χ2v) is 11.1. The molecule has 232 valence electrons. The molecule has 0 aliphatic carbocycles. The number of rotatable bonds is 12. The standard InChI is InChI=1S/C36H38N4O5/c1-24(2)21-32(34(42)37-29-19-15-28(16-20-29)35(43)45-23-27-10-5-4-6-11-27)39-33(41)22-26-13-17-30(18-14-26)38-36(44)40-31-12-8-7-9-25(31)3/h4-20,24,32H,21-23H2,1-3H3,(H,37,42)(H,39,41)(H2,38,40,44)/t32-/m0/s1. The van der Waals surface area contributed by atoms with Gasteiger partial charge in [0.25, 0.3) is 0 Å². The van der Waals surface area contributed by atoms with Gasteiger partial charge in [0.15, 0.2) is 0 Å². The van der Waals surface area contributed by atoms with Crippen molar-refractivity contribution in [3.63, 3.8) is 0 Å². The van der Waals surface area contributed by atoms with Crippen LogP contribution in [0.1, 0.15) is 47.3 Å². The van der Waals surface area contributed by atoms with E-state index in [2.05, 4.69) is 21.3 Å². The summed E-state index contributed by atoms with van der Waals surface area (Å²) < 4.78 is 5.36. The fraction of sp³-hybridized carbons (Fsp3) is 0.222. The number of para-hydroxylation sites is 1. The molecule has 0 spiro atoms. The summed E-state index contributed by atoms with van der Waals surface area (Å²) >= 11 is 0. The summed E-state index contributed by atoms with van der Waals surface area (Å²) in [5, 5.41) is 11.3. The van der Waals surface area contributed by atoms with Crippen LogP contribution in [0.3, 0.4) is 0 Å². The number of benzene rings is 4. The van der Waals surface area contributed by atoms with Gasteiger partial charge in [0, 0.05) is 17.1 Å². The number of esters is 1. The van der Waals surface area contributed by atoms with E-state index in [1.807, 2.05) is 75.4 Å². The summed E-state index contributed by atoms with van der Waals surface area (Å²) in [6, 6.07) is 29.2. The third kappa shape index (κ3) is 10.4. The van der Waals surface area contributed by atoms with Crippen molar-refractivity contribution in [2.75, 3.05) is 16.0 Å². The number of urea groups is 1. The van der Waals surface area contributed by atoms with Gasteiger partial charge in [-0.25, -0.2) is 9.59 Å². The molecule has 4 rings (SSSR count). The Morgan fingerprint density at radius 3 is 1.98 bits per heavy atom. The number of ether oxygens (including phenoxy) is 1. The van der Waals surface area contributed by atoms with Crippen LogP contribution in [0.5, 0.6) is 0 Å². The number of hydrogen-bond acceptors (Lipinski definition) is 5. The Bertz CT molecular complexity index is 1600. The molecule has 4 aromatic carbocycles. The van der Waals surface area contributed by atoms with E-state index in [9.17, 15) is 19.2 Å². The average molecular weight is 607 g/mol. The van der Waals surface area contributed by atoms with Crippen LogP contribution in [-0.2, 0) is 27.4 Å². The Morgan fingerprint density at radius 1 is 0.689 bits per heavy atom. The summed E-state index contributed by atoms with van der Waals surface area (Å²) in [4.78, 5) is 50.9. The summed E-state index contributed by atoms with van der Waals surface area (Å²) in [7, 11) is 0. The second kappa shape index (κ2) is 15.9. The predicted octanol–water partition coefficient (Wildman–Crippen LogP) is 6.71. The molecule has 45 heavy (non-hydrogen) atoms. The van der Waals surface area contributed by atoms with Crippen LogP contribution < -0.4 is 21.3 Å². The molecule has 0 radical (unpaired) electrons. The van der Waals surface area contributed by atoms with E-state index in [1.54, 1.807) is 48.5 Å². The zero-order valence-electron chi connectivity index (χ0n) is 25.6. The van der Waals surface area contributed by atoms with Crippen LogP contribution in [0.2, 0.25) is 0 Å². The molecular weight excluding hydrogens is 568 g/mol. The molecule has 0 aliphatic heterocycles. The highest BCUT2D eigenvalue weighted by Crippen LogP contribution is 2.17. The first-order valence-electron chi connectivity index (χ1n) is 14.8. The maximum Gasteiger partial charge on any atom is 0.338 e. The molecule has 0 unspecified atom stereocenters. The maximum absolute atomic E-state index is 13.1. The zero-order chi connectivity index (χ0) is 32.2. The van der Waals surface area contributed by atoms with Crippen LogP contribution in [0.25, 0.3) is 0 Å². The van der Waals surface area contributed by atoms with Crippen molar-refractivity contribution in [1.29, 1.82) is 0 Å². The van der Waals surface area contributed by atoms with E-state index in [0.29, 0.717) is 23.4 Å². The number of carbonyl (C=O) groups is 4. The minimum atomic E-state index is -0.751. The van der Waals surface area contributed by atoms with Crippen molar-refractivity contribution < 1.29 is 23.9 Å². The van der Waals surface area contributed by atoms with Gasteiger partial charge >= 0.3 is 12.0 Å². The Hall–Kier alpha value is -5.44. The lowest BCUT2D eigenvalue weighted by Gasteiger charge is -2.20. The lowest BCUT2D eigenvalue weighted by molar-refractivity contribution is -0.126. The number of nitrogens with one attached hydrogen (secondary N) is 4. The number of hydrogen-bond donors (Lipinski definition) is 4. The Kier molecular flexibility index (Phi) is 11.4. The Balaban J connectivity index is 1.28. The number of amides is 4. The molecule has 9 heteroatoms. The second-order valence-electron chi connectivity index (χ2n) is 11.1. The fourth-order valence-corrected chi connectivity index (χ4v) is 4.56. The van der Waals surface area contributed by atoms with E-state index in [4.69, 9.17) is 4.74 Å². The maximum atomic E-state index is 13.1. The normalized spacial score (nSPS) is 11.3. The van der Waals surface area contributed by atoms with Crippen LogP contribution in [0.4, 0.5) is 21.9 Å². The molecule has 4 amide bonds. The Labute approximate surface area is 263 Å². The molecule has 0 heterocycles. The lowest BCUT2D eigenvalue weighted by atomic mass is 10.0. The first kappa shape index (κ1) is 32.5. The first-order valence-corrected chi connectivity index (χ1v) is 14.8. The predicted molar refractivity (Wildman–Crippen MR) is 176 cm³/mol. The molecule has 0 saturated carbocycles. The molecule has 0 fully saturated rings. The van der Waals surface area contributed by atoms with Crippen LogP contribution in [0, 0.1) is 12.8 Å². The van der Waals surface area contributed by atoms with Crippen molar-refractivity contribution in [3.8, 4) is 0 Å². The third-order valence-corrected chi connectivity index (χ3v) is 6.93. The van der Waals surface area contributed by atoms with Crippen molar-refractivity contribution in [2.45, 2.75) is 46.3 Å². The molecule has 4 aromatic rings. The van der Waals surface area contributed by atoms with E-state index in [-0.39, 0.29) is 36.8 Å². The quantitative estimate of drug-likeness (QED) is 0.133. The zero-order valence-corrected chi connectivity index (χ0v) is 25.6. The smallest absolute Gasteiger partial charge is 0.338 e. The Morgan fingerprint density at radius 2 is 1.31 bits per heavy atom. The highest BCUT2D eigenvalue weighted by molar-refractivity contribution is 6.00. The van der Waals surface area contributed by atoms with Crippen molar-refractivity contribution in [1.82, 2.24) is 5.32 Å². The SMILES string of the molecule is Cc1ccccc1NC(=O)Nc1ccc(CC(=O)N[C@@H](CC(C)C)C(=O)Nc2ccc(C(=O)OCc3ccccc3)cc2)cc1. The molecule has 9 nitrogen and oxygen atoms in total. The molecule has 4 N–H and O–H groups in total. The van der Waals surface area contributed by atoms with Crippen LogP contribution >= 0.6 is 0 Å². The van der Waals surface area contributed by atoms with Gasteiger partial charge in [-0.2, -0.15) is 0 Å². The van der Waals surface area contributed by atoms with Crippen LogP contribution in [0.15, 0.2) is 103 Å². The van der Waals surface area contributed by atoms with Gasteiger partial charge in [0.2, 0.25) is 11.8 Å². The average Bonchev–Trinajstić information content (AvgIpc) is 3.02.